The predicted octanol–water partition coefficient (Wildman–Crippen LogP) is -0.119. The van der Waals surface area contributed by atoms with Gasteiger partial charge in [0.15, 0.2) is 0 Å². The van der Waals surface area contributed by atoms with E-state index in [-0.39, 0.29) is 12.5 Å². The Morgan fingerprint density at radius 3 is 2.83 bits per heavy atom. The first-order valence-electron chi connectivity index (χ1n) is 5.55. The van der Waals surface area contributed by atoms with Crippen LogP contribution in [0.4, 0.5) is 5.69 Å². The first-order chi connectivity index (χ1) is 8.83. The summed E-state index contributed by atoms with van der Waals surface area (Å²) < 4.78 is 0. The van der Waals surface area contributed by atoms with Gasteiger partial charge in [-0.05, 0) is 12.1 Å². The van der Waals surface area contributed by atoms with Crippen LogP contribution < -0.4 is 15.5 Å². The number of fused-ring (bicyclic) bond motifs is 1. The molecule has 0 spiro atoms. The number of para-hydroxylation sites is 1. The number of anilines is 1. The van der Waals surface area contributed by atoms with Gasteiger partial charge in [-0.15, -0.1) is 0 Å². The lowest BCUT2D eigenvalue weighted by molar-refractivity contribution is -0.116. The van der Waals surface area contributed by atoms with Crippen molar-refractivity contribution in [3.63, 3.8) is 0 Å². The van der Waals surface area contributed by atoms with Crippen molar-refractivity contribution in [2.75, 3.05) is 11.4 Å². The molecule has 0 unspecified atom stereocenters. The van der Waals surface area contributed by atoms with Gasteiger partial charge in [-0.25, -0.2) is 4.99 Å². The quantitative estimate of drug-likeness (QED) is 0.695. The number of benzene rings is 1. The van der Waals surface area contributed by atoms with E-state index in [2.05, 4.69) is 15.2 Å². The van der Waals surface area contributed by atoms with Gasteiger partial charge < -0.3 is 4.90 Å². The highest BCUT2D eigenvalue weighted by molar-refractivity contribution is 5.85. The van der Waals surface area contributed by atoms with Crippen LogP contribution in [0.1, 0.15) is 0 Å². The molecule has 0 radical (unpaired) electrons. The van der Waals surface area contributed by atoms with Gasteiger partial charge in [-0.2, -0.15) is 10.2 Å². The Balaban J connectivity index is 2.17. The zero-order chi connectivity index (χ0) is 12.4. The van der Waals surface area contributed by atoms with Crippen molar-refractivity contribution in [2.24, 2.45) is 4.99 Å². The number of rotatable bonds is 1. The van der Waals surface area contributed by atoms with Crippen molar-refractivity contribution in [1.29, 1.82) is 0 Å². The highest BCUT2D eigenvalue weighted by atomic mass is 16.1. The van der Waals surface area contributed by atoms with Crippen molar-refractivity contribution >= 4 is 17.8 Å². The average Bonchev–Trinajstić information content (AvgIpc) is 2.57. The predicted molar refractivity (Wildman–Crippen MR) is 66.1 cm³/mol. The summed E-state index contributed by atoms with van der Waals surface area (Å²) in [6.07, 6.45) is 5.13. The van der Waals surface area contributed by atoms with Crippen LogP contribution in [0, 0.1) is 0 Å². The fraction of sp³-hybridized carbons (Fsp3) is 0.0769. The Morgan fingerprint density at radius 2 is 2.00 bits per heavy atom. The molecule has 0 atom stereocenters. The minimum Gasteiger partial charge on any atom is -0.336 e. The monoisotopic (exact) mass is 238 g/mol. The molecule has 2 aromatic rings. The smallest absolute Gasteiger partial charge is 0.266 e. The topological polar surface area (TPSA) is 58.5 Å². The second-order valence-electron chi connectivity index (χ2n) is 3.92. The number of hydrogen-bond acceptors (Lipinski definition) is 4. The average molecular weight is 238 g/mol. The van der Waals surface area contributed by atoms with Gasteiger partial charge in [0.05, 0.1) is 23.4 Å². The van der Waals surface area contributed by atoms with E-state index in [0.29, 0.717) is 5.36 Å². The normalized spacial score (nSPS) is 14.2. The van der Waals surface area contributed by atoms with E-state index in [1.165, 1.54) is 0 Å². The maximum absolute atomic E-state index is 11.8. The first kappa shape index (κ1) is 10.6. The molecule has 88 valence electrons. The van der Waals surface area contributed by atoms with Crippen molar-refractivity contribution in [2.45, 2.75) is 0 Å². The summed E-state index contributed by atoms with van der Waals surface area (Å²) in [5.41, 5.74) is 0.824. The van der Waals surface area contributed by atoms with Gasteiger partial charge in [-0.3, -0.25) is 4.79 Å². The summed E-state index contributed by atoms with van der Waals surface area (Å²) in [5, 5.41) is 9.16. The van der Waals surface area contributed by atoms with E-state index in [4.69, 9.17) is 0 Å². The summed E-state index contributed by atoms with van der Waals surface area (Å²) in [6.45, 7) is 0.209. The minimum absolute atomic E-state index is 0.173. The molecule has 0 bridgehead atoms. The maximum atomic E-state index is 11.8. The molecule has 0 aliphatic carbocycles. The lowest BCUT2D eigenvalue weighted by atomic mass is 10.3. The van der Waals surface area contributed by atoms with Crippen molar-refractivity contribution in [1.82, 2.24) is 10.2 Å². The third-order valence-electron chi connectivity index (χ3n) is 2.68. The molecule has 1 aliphatic rings. The number of amides is 1. The van der Waals surface area contributed by atoms with Gasteiger partial charge in [-0.1, -0.05) is 18.2 Å². The van der Waals surface area contributed by atoms with Gasteiger partial charge in [0, 0.05) is 11.4 Å². The zero-order valence-electron chi connectivity index (χ0n) is 9.52. The summed E-state index contributed by atoms with van der Waals surface area (Å²) >= 11 is 0. The number of hydrogen-bond donors (Lipinski definition) is 0. The number of nitrogens with zero attached hydrogens (tertiary/aromatic N) is 4. The fourth-order valence-corrected chi connectivity index (χ4v) is 1.85. The highest BCUT2D eigenvalue weighted by Gasteiger charge is 2.11. The molecule has 0 fully saturated rings. The Bertz CT molecular complexity index is 696. The van der Waals surface area contributed by atoms with Crippen molar-refractivity contribution < 1.29 is 4.79 Å². The molecule has 0 N–H and O–H groups in total. The molecular weight excluding hydrogens is 228 g/mol. The third kappa shape index (κ3) is 1.98. The van der Waals surface area contributed by atoms with Crippen LogP contribution in [0.15, 0.2) is 47.7 Å². The second-order valence-corrected chi connectivity index (χ2v) is 3.92. The number of carbonyl (C=O) groups is 1. The van der Waals surface area contributed by atoms with Crippen LogP contribution in [-0.4, -0.2) is 22.6 Å². The van der Waals surface area contributed by atoms with Crippen molar-refractivity contribution in [3.05, 3.63) is 53.3 Å². The van der Waals surface area contributed by atoms with Gasteiger partial charge >= 0.3 is 0 Å². The highest BCUT2D eigenvalue weighted by Crippen LogP contribution is 2.11. The number of carbonyl (C=O) groups excluding carboxylic acids is 1. The lowest BCUT2D eigenvalue weighted by Gasteiger charge is -2.16. The molecule has 0 saturated heterocycles. The second kappa shape index (κ2) is 4.37. The summed E-state index contributed by atoms with van der Waals surface area (Å²) in [4.78, 5) is 17.7. The van der Waals surface area contributed by atoms with Crippen LogP contribution >= 0.6 is 0 Å². The molecule has 2 heterocycles. The van der Waals surface area contributed by atoms with Crippen LogP contribution in [0.2, 0.25) is 0 Å². The summed E-state index contributed by atoms with van der Waals surface area (Å²) in [5.74, 6) is -0.173. The van der Waals surface area contributed by atoms with E-state index in [1.54, 1.807) is 12.4 Å². The maximum Gasteiger partial charge on any atom is 0.266 e. The molecular formula is C13H10N4O. The van der Waals surface area contributed by atoms with E-state index >= 15 is 0 Å². The van der Waals surface area contributed by atoms with Crippen LogP contribution in [0.5, 0.6) is 0 Å². The van der Waals surface area contributed by atoms with E-state index in [0.717, 1.165) is 10.9 Å². The van der Waals surface area contributed by atoms with E-state index < -0.39 is 0 Å². The largest absolute Gasteiger partial charge is 0.336 e. The molecule has 0 saturated carbocycles. The van der Waals surface area contributed by atoms with E-state index in [1.807, 2.05) is 41.4 Å². The molecule has 1 aromatic heterocycles. The molecule has 1 aromatic carbocycles. The Hall–Kier alpha value is -2.56. The number of aromatic nitrogens is 2. The molecule has 5 heteroatoms. The molecule has 18 heavy (non-hydrogen) atoms. The van der Waals surface area contributed by atoms with Crippen LogP contribution in [0.3, 0.4) is 0 Å². The van der Waals surface area contributed by atoms with Crippen LogP contribution in [-0.2, 0) is 4.79 Å². The van der Waals surface area contributed by atoms with Gasteiger partial charge in [0.2, 0.25) is 0 Å². The molecule has 1 aliphatic heterocycles. The lowest BCUT2D eigenvalue weighted by Crippen LogP contribution is -2.26. The Kier molecular flexibility index (Phi) is 2.57. The van der Waals surface area contributed by atoms with Crippen molar-refractivity contribution in [3.8, 4) is 0 Å². The third-order valence-corrected chi connectivity index (χ3v) is 2.68. The zero-order valence-corrected chi connectivity index (χ0v) is 9.52. The van der Waals surface area contributed by atoms with E-state index in [9.17, 15) is 4.79 Å². The Labute approximate surface area is 103 Å². The summed E-state index contributed by atoms with van der Waals surface area (Å²) in [6, 6.07) is 9.36. The fourth-order valence-electron chi connectivity index (χ4n) is 1.85. The SMILES string of the molecule is O=C1CN(c2ccnnc2)C=c2ccccc2=N1. The van der Waals surface area contributed by atoms with Gasteiger partial charge in [0.1, 0.15) is 6.54 Å². The molecule has 3 rings (SSSR count). The van der Waals surface area contributed by atoms with Crippen LogP contribution in [0.25, 0.3) is 6.20 Å². The molecule has 5 nitrogen and oxygen atoms in total. The standard InChI is InChI=1S/C13H10N4O/c18-13-9-17(11-5-6-14-15-7-11)8-10-3-1-2-4-12(10)16-13/h1-8H,9H2. The van der Waals surface area contributed by atoms with Gasteiger partial charge in [0.25, 0.3) is 5.91 Å². The Morgan fingerprint density at radius 1 is 1.11 bits per heavy atom. The molecule has 1 amide bonds. The first-order valence-corrected chi connectivity index (χ1v) is 5.55. The summed E-state index contributed by atoms with van der Waals surface area (Å²) in [7, 11) is 0. The minimum atomic E-state index is -0.173.